The zero-order chi connectivity index (χ0) is 14.7. The Morgan fingerprint density at radius 3 is 2.47 bits per heavy atom. The highest BCUT2D eigenvalue weighted by molar-refractivity contribution is 9.10. The maximum atomic E-state index is 11.8. The van der Waals surface area contributed by atoms with Gasteiger partial charge in [0.15, 0.2) is 0 Å². The second-order valence-electron chi connectivity index (χ2n) is 5.63. The molecule has 1 atom stereocenters. The fourth-order valence-electron chi connectivity index (χ4n) is 1.56. The Morgan fingerprint density at radius 2 is 2.00 bits per heavy atom. The summed E-state index contributed by atoms with van der Waals surface area (Å²) >= 11 is 3.37. The number of hydrogen-bond donors (Lipinski definition) is 2. The third-order valence-electron chi connectivity index (χ3n) is 2.55. The lowest BCUT2D eigenvalue weighted by Crippen LogP contribution is -2.48. The van der Waals surface area contributed by atoms with Gasteiger partial charge in [-0.2, -0.15) is 0 Å². The number of benzene rings is 1. The first-order valence-corrected chi connectivity index (χ1v) is 6.84. The highest BCUT2D eigenvalue weighted by atomic mass is 79.9. The molecule has 0 unspecified atom stereocenters. The Balaban J connectivity index is 2.90. The van der Waals surface area contributed by atoms with Crippen molar-refractivity contribution in [2.75, 3.05) is 6.61 Å². The summed E-state index contributed by atoms with van der Waals surface area (Å²) in [7, 11) is 0. The van der Waals surface area contributed by atoms with Gasteiger partial charge in [0.25, 0.3) is 0 Å². The number of hydrogen-bond acceptors (Lipinski definition) is 3. The van der Waals surface area contributed by atoms with E-state index in [0.717, 1.165) is 10.0 Å². The van der Waals surface area contributed by atoms with E-state index in [0.29, 0.717) is 0 Å². The van der Waals surface area contributed by atoms with Crippen LogP contribution in [0.4, 0.5) is 4.79 Å². The molecule has 1 aromatic rings. The van der Waals surface area contributed by atoms with Crippen LogP contribution in [-0.2, 0) is 10.3 Å². The van der Waals surface area contributed by atoms with Crippen molar-refractivity contribution in [3.63, 3.8) is 0 Å². The fraction of sp³-hybridized carbons (Fsp3) is 0.500. The minimum Gasteiger partial charge on any atom is -0.444 e. The first kappa shape index (κ1) is 16.0. The van der Waals surface area contributed by atoms with E-state index in [9.17, 15) is 9.90 Å². The van der Waals surface area contributed by atoms with Crippen molar-refractivity contribution < 1.29 is 14.6 Å². The lowest BCUT2D eigenvalue weighted by Gasteiger charge is -2.31. The zero-order valence-corrected chi connectivity index (χ0v) is 13.2. The zero-order valence-electron chi connectivity index (χ0n) is 11.7. The molecule has 4 nitrogen and oxygen atoms in total. The lowest BCUT2D eigenvalue weighted by molar-refractivity contribution is 0.0411. The van der Waals surface area contributed by atoms with E-state index in [1.165, 1.54) is 0 Å². The summed E-state index contributed by atoms with van der Waals surface area (Å²) in [4.78, 5) is 11.8. The van der Waals surface area contributed by atoms with Crippen LogP contribution >= 0.6 is 15.9 Å². The topological polar surface area (TPSA) is 58.6 Å². The molecule has 0 heterocycles. The van der Waals surface area contributed by atoms with Gasteiger partial charge in [0.2, 0.25) is 0 Å². The molecule has 0 radical (unpaired) electrons. The smallest absolute Gasteiger partial charge is 0.408 e. The Morgan fingerprint density at radius 1 is 1.37 bits per heavy atom. The molecule has 19 heavy (non-hydrogen) atoms. The van der Waals surface area contributed by atoms with Crippen LogP contribution in [0.3, 0.4) is 0 Å². The SMILES string of the molecule is CC(C)(C)OC(=O)N[C@@](C)(CO)c1cccc(Br)c1. The minimum absolute atomic E-state index is 0.220. The van der Waals surface area contributed by atoms with E-state index in [1.54, 1.807) is 27.7 Å². The number of carbonyl (C=O) groups is 1. The Hall–Kier alpha value is -1.07. The van der Waals surface area contributed by atoms with Crippen LogP contribution in [0.2, 0.25) is 0 Å². The molecular weight excluding hydrogens is 310 g/mol. The van der Waals surface area contributed by atoms with Crippen molar-refractivity contribution >= 4 is 22.0 Å². The average Bonchev–Trinajstić information content (AvgIpc) is 2.26. The first-order valence-electron chi connectivity index (χ1n) is 6.04. The highest BCUT2D eigenvalue weighted by Gasteiger charge is 2.30. The minimum atomic E-state index is -0.883. The number of aliphatic hydroxyl groups excluding tert-OH is 1. The Kier molecular flexibility index (Phi) is 4.98. The molecular formula is C14H20BrNO3. The van der Waals surface area contributed by atoms with Crippen LogP contribution in [0.1, 0.15) is 33.3 Å². The second-order valence-corrected chi connectivity index (χ2v) is 6.54. The summed E-state index contributed by atoms with van der Waals surface area (Å²) in [6.07, 6.45) is -0.552. The van der Waals surface area contributed by atoms with E-state index >= 15 is 0 Å². The number of ether oxygens (including phenoxy) is 1. The molecule has 1 amide bonds. The maximum Gasteiger partial charge on any atom is 0.408 e. The van der Waals surface area contributed by atoms with E-state index in [-0.39, 0.29) is 6.61 Å². The largest absolute Gasteiger partial charge is 0.444 e. The van der Waals surface area contributed by atoms with E-state index in [4.69, 9.17) is 4.74 Å². The van der Waals surface area contributed by atoms with Gasteiger partial charge in [0.1, 0.15) is 5.60 Å². The molecule has 2 N–H and O–H groups in total. The molecule has 0 saturated heterocycles. The van der Waals surface area contributed by atoms with Crippen molar-refractivity contribution in [2.45, 2.75) is 38.8 Å². The Labute approximate surface area is 122 Å². The summed E-state index contributed by atoms with van der Waals surface area (Å²) < 4.78 is 6.10. The van der Waals surface area contributed by atoms with Gasteiger partial charge in [-0.1, -0.05) is 28.1 Å². The quantitative estimate of drug-likeness (QED) is 0.895. The van der Waals surface area contributed by atoms with Crippen LogP contribution < -0.4 is 5.32 Å². The van der Waals surface area contributed by atoms with Crippen molar-refractivity contribution in [3.05, 3.63) is 34.3 Å². The number of carbonyl (C=O) groups excluding carboxylic acids is 1. The number of halogens is 1. The summed E-state index contributed by atoms with van der Waals surface area (Å²) in [5.74, 6) is 0. The first-order chi connectivity index (χ1) is 8.66. The molecule has 0 spiro atoms. The predicted octanol–water partition coefficient (Wildman–Crippen LogP) is 3.18. The molecule has 0 aromatic heterocycles. The number of rotatable bonds is 3. The average molecular weight is 330 g/mol. The second kappa shape index (κ2) is 5.92. The standard InChI is InChI=1S/C14H20BrNO3/c1-13(2,3)19-12(18)16-14(4,9-17)10-6-5-7-11(15)8-10/h5-8,17H,9H2,1-4H3,(H,16,18)/t14-/m0/s1. The highest BCUT2D eigenvalue weighted by Crippen LogP contribution is 2.24. The number of amides is 1. The molecule has 0 bridgehead atoms. The van der Waals surface area contributed by atoms with Gasteiger partial charge in [0.05, 0.1) is 12.1 Å². The van der Waals surface area contributed by atoms with E-state index < -0.39 is 17.2 Å². The van der Waals surface area contributed by atoms with Gasteiger partial charge in [-0.3, -0.25) is 0 Å². The van der Waals surface area contributed by atoms with Crippen LogP contribution in [-0.4, -0.2) is 23.4 Å². The van der Waals surface area contributed by atoms with Gasteiger partial charge < -0.3 is 15.2 Å². The van der Waals surface area contributed by atoms with E-state index in [1.807, 2.05) is 24.3 Å². The third kappa shape index (κ3) is 4.84. The lowest BCUT2D eigenvalue weighted by atomic mass is 9.93. The van der Waals surface area contributed by atoms with Crippen LogP contribution in [0.5, 0.6) is 0 Å². The maximum absolute atomic E-state index is 11.8. The molecule has 5 heteroatoms. The van der Waals surface area contributed by atoms with Crippen LogP contribution in [0.25, 0.3) is 0 Å². The molecule has 1 rings (SSSR count). The number of nitrogens with one attached hydrogen (secondary N) is 1. The molecule has 0 aliphatic rings. The molecule has 0 saturated carbocycles. The van der Waals surface area contributed by atoms with Crippen LogP contribution in [0, 0.1) is 0 Å². The molecule has 0 fully saturated rings. The summed E-state index contributed by atoms with van der Waals surface area (Å²) in [6, 6.07) is 7.44. The summed E-state index contributed by atoms with van der Waals surface area (Å²) in [6.45, 7) is 6.91. The third-order valence-corrected chi connectivity index (χ3v) is 3.05. The van der Waals surface area contributed by atoms with E-state index in [2.05, 4.69) is 21.2 Å². The van der Waals surface area contributed by atoms with Crippen molar-refractivity contribution in [3.8, 4) is 0 Å². The molecule has 0 aliphatic carbocycles. The van der Waals surface area contributed by atoms with Crippen molar-refractivity contribution in [1.82, 2.24) is 5.32 Å². The monoisotopic (exact) mass is 329 g/mol. The van der Waals surface area contributed by atoms with Crippen LogP contribution in [0.15, 0.2) is 28.7 Å². The van der Waals surface area contributed by atoms with Gasteiger partial charge >= 0.3 is 6.09 Å². The Bertz CT molecular complexity index is 456. The van der Waals surface area contributed by atoms with Crippen molar-refractivity contribution in [1.29, 1.82) is 0 Å². The van der Waals surface area contributed by atoms with Gasteiger partial charge in [0, 0.05) is 4.47 Å². The number of alkyl carbamates (subject to hydrolysis) is 1. The van der Waals surface area contributed by atoms with Gasteiger partial charge in [-0.25, -0.2) is 4.79 Å². The molecule has 106 valence electrons. The molecule has 0 aliphatic heterocycles. The normalized spacial score (nSPS) is 14.6. The predicted molar refractivity (Wildman–Crippen MR) is 77.9 cm³/mol. The molecule has 1 aromatic carbocycles. The number of aliphatic hydroxyl groups is 1. The fourth-order valence-corrected chi connectivity index (χ4v) is 1.96. The summed E-state index contributed by atoms with van der Waals surface area (Å²) in [5.41, 5.74) is -0.653. The summed E-state index contributed by atoms with van der Waals surface area (Å²) in [5, 5.41) is 12.3. The van der Waals surface area contributed by atoms with Gasteiger partial charge in [-0.15, -0.1) is 0 Å². The van der Waals surface area contributed by atoms with Crippen molar-refractivity contribution in [2.24, 2.45) is 0 Å². The van der Waals surface area contributed by atoms with Gasteiger partial charge in [-0.05, 0) is 45.4 Å².